The molecule has 0 atom stereocenters. The number of hydrogen-bond donors (Lipinski definition) is 2. The molecule has 0 bridgehead atoms. The van der Waals surface area contributed by atoms with Crippen molar-refractivity contribution in [2.75, 3.05) is 18.4 Å². The van der Waals surface area contributed by atoms with E-state index in [9.17, 15) is 18.0 Å². The average molecular weight is 562 g/mol. The molecule has 0 radical (unpaired) electrons. The minimum atomic E-state index is -4.37. The quantitative estimate of drug-likeness (QED) is 0.247. The van der Waals surface area contributed by atoms with E-state index < -0.39 is 11.7 Å². The summed E-state index contributed by atoms with van der Waals surface area (Å²) in [6.45, 7) is 6.67. The van der Waals surface area contributed by atoms with Gasteiger partial charge in [-0.2, -0.15) is 13.2 Å². The summed E-state index contributed by atoms with van der Waals surface area (Å²) in [5.74, 6) is 0.558. The van der Waals surface area contributed by atoms with Crippen molar-refractivity contribution in [2.24, 2.45) is 0 Å². The SMILES string of the molecule is Cc1ccccc1NC(=O)N(Cc1ccccc1)C1CCN(Cc2nc(-c3ccc(C(F)(F)F)cc3)[nH]c2C)CC1. The van der Waals surface area contributed by atoms with Crippen LogP contribution in [0.3, 0.4) is 0 Å². The van der Waals surface area contributed by atoms with E-state index in [0.717, 1.165) is 66.3 Å². The van der Waals surface area contributed by atoms with Gasteiger partial charge >= 0.3 is 12.2 Å². The van der Waals surface area contributed by atoms with Crippen LogP contribution >= 0.6 is 0 Å². The van der Waals surface area contributed by atoms with E-state index in [1.807, 2.05) is 73.3 Å². The van der Waals surface area contributed by atoms with Crippen LogP contribution in [0.1, 0.15) is 40.9 Å². The number of piperidine rings is 1. The zero-order chi connectivity index (χ0) is 29.0. The zero-order valence-electron chi connectivity index (χ0n) is 23.2. The van der Waals surface area contributed by atoms with Crippen LogP contribution in [-0.4, -0.2) is 44.9 Å². The molecule has 1 aromatic heterocycles. The Morgan fingerprint density at radius 1 is 0.976 bits per heavy atom. The predicted octanol–water partition coefficient (Wildman–Crippen LogP) is 7.41. The monoisotopic (exact) mass is 561 g/mol. The summed E-state index contributed by atoms with van der Waals surface area (Å²) in [7, 11) is 0. The summed E-state index contributed by atoms with van der Waals surface area (Å²) in [6, 6.07) is 22.8. The number of likely N-dealkylation sites (tertiary alicyclic amines) is 1. The number of aromatic amines is 1. The topological polar surface area (TPSA) is 64.3 Å². The van der Waals surface area contributed by atoms with Crippen LogP contribution in [-0.2, 0) is 19.3 Å². The fourth-order valence-electron chi connectivity index (χ4n) is 5.25. The summed E-state index contributed by atoms with van der Waals surface area (Å²) >= 11 is 0. The molecule has 41 heavy (non-hydrogen) atoms. The van der Waals surface area contributed by atoms with E-state index in [2.05, 4.69) is 15.2 Å². The van der Waals surface area contributed by atoms with E-state index in [1.54, 1.807) is 0 Å². The van der Waals surface area contributed by atoms with Crippen molar-refractivity contribution in [3.05, 3.63) is 107 Å². The van der Waals surface area contributed by atoms with Gasteiger partial charge in [-0.15, -0.1) is 0 Å². The van der Waals surface area contributed by atoms with Crippen LogP contribution in [0.4, 0.5) is 23.7 Å². The lowest BCUT2D eigenvalue weighted by molar-refractivity contribution is -0.137. The van der Waals surface area contributed by atoms with Crippen molar-refractivity contribution in [1.29, 1.82) is 0 Å². The van der Waals surface area contributed by atoms with E-state index in [0.29, 0.717) is 24.5 Å². The molecule has 1 aliphatic rings. The van der Waals surface area contributed by atoms with Crippen LogP contribution in [0.2, 0.25) is 0 Å². The van der Waals surface area contributed by atoms with Gasteiger partial charge in [-0.05, 0) is 56.0 Å². The first kappa shape index (κ1) is 28.4. The molecule has 0 aliphatic carbocycles. The minimum absolute atomic E-state index is 0.0819. The van der Waals surface area contributed by atoms with Gasteiger partial charge in [0.2, 0.25) is 0 Å². The first-order valence-electron chi connectivity index (χ1n) is 13.8. The Hall–Kier alpha value is -4.11. The Bertz CT molecular complexity index is 1460. The molecule has 1 fully saturated rings. The molecular formula is C32H34F3N5O. The number of alkyl halides is 3. The van der Waals surface area contributed by atoms with Crippen molar-refractivity contribution in [2.45, 2.75) is 52.0 Å². The number of para-hydroxylation sites is 1. The smallest absolute Gasteiger partial charge is 0.342 e. The Morgan fingerprint density at radius 2 is 1.63 bits per heavy atom. The number of urea groups is 1. The number of carbonyl (C=O) groups is 1. The molecule has 2 N–H and O–H groups in total. The summed E-state index contributed by atoms with van der Waals surface area (Å²) < 4.78 is 38.8. The Labute approximate surface area is 238 Å². The maximum absolute atomic E-state index is 13.5. The van der Waals surface area contributed by atoms with Crippen LogP contribution in [0.25, 0.3) is 11.4 Å². The van der Waals surface area contributed by atoms with Gasteiger partial charge in [0.05, 0.1) is 11.3 Å². The first-order valence-corrected chi connectivity index (χ1v) is 13.8. The average Bonchev–Trinajstić information content (AvgIpc) is 3.33. The number of imidazole rings is 1. The second-order valence-corrected chi connectivity index (χ2v) is 10.6. The van der Waals surface area contributed by atoms with Crippen LogP contribution < -0.4 is 5.32 Å². The lowest BCUT2D eigenvalue weighted by atomic mass is 10.0. The molecule has 2 heterocycles. The first-order chi connectivity index (χ1) is 19.7. The standard InChI is InChI=1S/C32H34F3N5O/c1-22-8-6-7-11-28(22)38-31(41)40(20-24-9-4-3-5-10-24)27-16-18-39(19-17-27)21-29-23(2)36-30(37-29)25-12-14-26(15-13-25)32(33,34)35/h3-15,27H,16-21H2,1-2H3,(H,36,37)(H,38,41). The summed E-state index contributed by atoms with van der Waals surface area (Å²) in [4.78, 5) is 25.7. The number of H-pyrrole nitrogens is 1. The fourth-order valence-corrected chi connectivity index (χ4v) is 5.25. The molecule has 0 saturated carbocycles. The van der Waals surface area contributed by atoms with Crippen LogP contribution in [0.5, 0.6) is 0 Å². The number of nitrogens with one attached hydrogen (secondary N) is 2. The highest BCUT2D eigenvalue weighted by Crippen LogP contribution is 2.31. The summed E-state index contributed by atoms with van der Waals surface area (Å²) in [5.41, 5.74) is 4.61. The Kier molecular flexibility index (Phi) is 8.44. The Balaban J connectivity index is 1.24. The summed E-state index contributed by atoms with van der Waals surface area (Å²) in [6.07, 6.45) is -2.72. The van der Waals surface area contributed by atoms with E-state index in [1.165, 1.54) is 12.1 Å². The second kappa shape index (κ2) is 12.2. The normalized spacial score (nSPS) is 14.7. The van der Waals surface area contributed by atoms with E-state index in [4.69, 9.17) is 4.98 Å². The number of rotatable bonds is 7. The number of benzene rings is 3. The van der Waals surface area contributed by atoms with Gasteiger partial charge in [-0.3, -0.25) is 4.90 Å². The molecule has 0 unspecified atom stereocenters. The fraction of sp³-hybridized carbons (Fsp3) is 0.312. The number of halogens is 3. The molecule has 5 rings (SSSR count). The maximum atomic E-state index is 13.5. The molecule has 2 amide bonds. The van der Waals surface area contributed by atoms with Crippen LogP contribution in [0, 0.1) is 13.8 Å². The zero-order valence-corrected chi connectivity index (χ0v) is 23.2. The number of aromatic nitrogens is 2. The molecule has 4 aromatic rings. The predicted molar refractivity (Wildman–Crippen MR) is 154 cm³/mol. The highest BCUT2D eigenvalue weighted by atomic mass is 19.4. The van der Waals surface area contributed by atoms with Gasteiger partial charge in [0, 0.05) is 49.2 Å². The molecular weight excluding hydrogens is 527 g/mol. The molecule has 214 valence electrons. The Morgan fingerprint density at radius 3 is 2.29 bits per heavy atom. The third kappa shape index (κ3) is 6.97. The molecule has 0 spiro atoms. The van der Waals surface area contributed by atoms with Crippen molar-refractivity contribution in [1.82, 2.24) is 19.8 Å². The second-order valence-electron chi connectivity index (χ2n) is 10.6. The highest BCUT2D eigenvalue weighted by Gasteiger charge is 2.31. The molecule has 6 nitrogen and oxygen atoms in total. The number of hydrogen-bond acceptors (Lipinski definition) is 3. The van der Waals surface area contributed by atoms with Crippen LogP contribution in [0.15, 0.2) is 78.9 Å². The third-order valence-corrected chi connectivity index (χ3v) is 7.69. The van der Waals surface area contributed by atoms with Gasteiger partial charge in [-0.1, -0.05) is 60.7 Å². The van der Waals surface area contributed by atoms with Gasteiger partial charge in [0.25, 0.3) is 0 Å². The van der Waals surface area contributed by atoms with Crippen molar-refractivity contribution in [3.63, 3.8) is 0 Å². The van der Waals surface area contributed by atoms with Crippen molar-refractivity contribution >= 4 is 11.7 Å². The minimum Gasteiger partial charge on any atom is -0.342 e. The number of carbonyl (C=O) groups excluding carboxylic acids is 1. The third-order valence-electron chi connectivity index (χ3n) is 7.69. The van der Waals surface area contributed by atoms with E-state index in [-0.39, 0.29) is 12.1 Å². The van der Waals surface area contributed by atoms with Crippen molar-refractivity contribution in [3.8, 4) is 11.4 Å². The van der Waals surface area contributed by atoms with Gasteiger partial charge < -0.3 is 15.2 Å². The van der Waals surface area contributed by atoms with Gasteiger partial charge in [0.15, 0.2) is 0 Å². The molecule has 1 aliphatic heterocycles. The molecule has 3 aromatic carbocycles. The highest BCUT2D eigenvalue weighted by molar-refractivity contribution is 5.90. The lowest BCUT2D eigenvalue weighted by Crippen LogP contribution is -2.48. The van der Waals surface area contributed by atoms with Gasteiger partial charge in [0.1, 0.15) is 5.82 Å². The molecule has 1 saturated heterocycles. The molecule has 9 heteroatoms. The summed E-state index contributed by atoms with van der Waals surface area (Å²) in [5, 5.41) is 3.11. The van der Waals surface area contributed by atoms with E-state index >= 15 is 0 Å². The van der Waals surface area contributed by atoms with Crippen molar-refractivity contribution < 1.29 is 18.0 Å². The number of amides is 2. The number of anilines is 1. The number of aryl methyl sites for hydroxylation is 2. The largest absolute Gasteiger partial charge is 0.416 e. The maximum Gasteiger partial charge on any atom is 0.416 e. The van der Waals surface area contributed by atoms with Gasteiger partial charge in [-0.25, -0.2) is 9.78 Å². The number of nitrogens with zero attached hydrogens (tertiary/aromatic N) is 3. The lowest BCUT2D eigenvalue weighted by Gasteiger charge is -2.38.